The van der Waals surface area contributed by atoms with E-state index < -0.39 is 64.9 Å². The number of thioether (sulfide) groups is 2. The van der Waals surface area contributed by atoms with E-state index in [1.54, 1.807) is 24.3 Å². The summed E-state index contributed by atoms with van der Waals surface area (Å²) in [6.45, 7) is 4.95. The van der Waals surface area contributed by atoms with Gasteiger partial charge < -0.3 is 31.7 Å². The molecule has 2 aromatic rings. The molecule has 6 atom stereocenters. The van der Waals surface area contributed by atoms with Crippen LogP contribution in [0.4, 0.5) is 0 Å². The van der Waals surface area contributed by atoms with Crippen molar-refractivity contribution in [3.05, 3.63) is 65.7 Å². The molecular weight excluding hydrogens is 655 g/mol. The molecule has 0 aromatic heterocycles. The van der Waals surface area contributed by atoms with Crippen LogP contribution in [0.25, 0.3) is 0 Å². The van der Waals surface area contributed by atoms with Crippen molar-refractivity contribution in [2.45, 2.75) is 76.7 Å². The van der Waals surface area contributed by atoms with Crippen molar-refractivity contribution in [3.63, 3.8) is 0 Å². The van der Waals surface area contributed by atoms with Gasteiger partial charge in [0, 0.05) is 25.5 Å². The molecule has 0 unspecified atom stereocenters. The topological polar surface area (TPSA) is 183 Å². The summed E-state index contributed by atoms with van der Waals surface area (Å²) >= 11 is 2.30. The largest absolute Gasteiger partial charge is 0.508 e. The predicted octanol–water partition coefficient (Wildman–Crippen LogP) is 1.69. The van der Waals surface area contributed by atoms with Crippen LogP contribution < -0.4 is 26.6 Å². The van der Waals surface area contributed by atoms with Gasteiger partial charge in [-0.3, -0.25) is 28.8 Å². The van der Waals surface area contributed by atoms with E-state index >= 15 is 0 Å². The molecule has 0 saturated carbocycles. The number of benzene rings is 2. The van der Waals surface area contributed by atoms with Crippen molar-refractivity contribution in [1.29, 1.82) is 0 Å². The Labute approximate surface area is 289 Å². The third-order valence-corrected chi connectivity index (χ3v) is 9.73. The summed E-state index contributed by atoms with van der Waals surface area (Å²) in [7, 11) is 0. The van der Waals surface area contributed by atoms with E-state index in [9.17, 15) is 33.9 Å². The highest BCUT2D eigenvalue weighted by molar-refractivity contribution is 8.13. The first kappa shape index (κ1) is 38.4. The lowest BCUT2D eigenvalue weighted by atomic mass is 9.96. The van der Waals surface area contributed by atoms with Crippen molar-refractivity contribution in [1.82, 2.24) is 26.6 Å². The maximum Gasteiger partial charge on any atom is 0.244 e. The molecule has 6 N–H and O–H groups in total. The molecule has 1 aliphatic rings. The molecule has 0 radical (unpaired) electrons. The normalized spacial score (nSPS) is 23.7. The maximum absolute atomic E-state index is 13.9. The minimum absolute atomic E-state index is 0.00888. The molecule has 2 aromatic carbocycles. The number of nitrogens with one attached hydrogen (secondary N) is 5. The number of phenolic OH excluding ortho intramolecular Hbond substituents is 1. The fourth-order valence-electron chi connectivity index (χ4n) is 5.08. The number of phenols is 1. The van der Waals surface area contributed by atoms with Gasteiger partial charge in [0.25, 0.3) is 0 Å². The highest BCUT2D eigenvalue weighted by Gasteiger charge is 2.35. The lowest BCUT2D eigenvalue weighted by Crippen LogP contribution is -2.61. The zero-order valence-corrected chi connectivity index (χ0v) is 29.2. The van der Waals surface area contributed by atoms with Crippen LogP contribution in [0.5, 0.6) is 5.75 Å². The number of carbonyl (C=O) groups is 6. The van der Waals surface area contributed by atoms with E-state index in [4.69, 9.17) is 0 Å². The highest BCUT2D eigenvalue weighted by atomic mass is 32.2. The van der Waals surface area contributed by atoms with Gasteiger partial charge in [-0.25, -0.2) is 0 Å². The molecule has 0 aliphatic carbocycles. The number of rotatable bonds is 10. The molecule has 1 saturated heterocycles. The number of hydrogen-bond acceptors (Lipinski definition) is 9. The Kier molecular flexibility index (Phi) is 15.3. The van der Waals surface area contributed by atoms with Gasteiger partial charge in [-0.15, -0.1) is 0 Å². The molecule has 1 heterocycles. The molecule has 14 heteroatoms. The monoisotopic (exact) mass is 699 g/mol. The van der Waals surface area contributed by atoms with E-state index in [1.165, 1.54) is 30.8 Å². The quantitative estimate of drug-likeness (QED) is 0.215. The molecule has 3 rings (SSSR count). The Morgan fingerprint density at radius 3 is 2.00 bits per heavy atom. The molecule has 48 heavy (non-hydrogen) atoms. The lowest BCUT2D eigenvalue weighted by Gasteiger charge is -2.30. The molecular formula is C34H45N5O7S2. The Morgan fingerprint density at radius 1 is 0.854 bits per heavy atom. The summed E-state index contributed by atoms with van der Waals surface area (Å²) in [4.78, 5) is 80.8. The summed E-state index contributed by atoms with van der Waals surface area (Å²) in [5.41, 5.74) is 1.36. The summed E-state index contributed by atoms with van der Waals surface area (Å²) in [5.74, 6) is -2.90. The van der Waals surface area contributed by atoms with Gasteiger partial charge in [-0.05, 0) is 47.6 Å². The minimum atomic E-state index is -1.21. The molecule has 0 spiro atoms. The first-order valence-corrected chi connectivity index (χ1v) is 18.3. The van der Waals surface area contributed by atoms with Crippen LogP contribution in [0.1, 0.15) is 44.7 Å². The van der Waals surface area contributed by atoms with Gasteiger partial charge >= 0.3 is 0 Å². The lowest BCUT2D eigenvalue weighted by molar-refractivity contribution is -0.135. The molecule has 1 fully saturated rings. The third-order valence-electron chi connectivity index (χ3n) is 8.02. The second-order valence-corrected chi connectivity index (χ2v) is 13.8. The second-order valence-electron chi connectivity index (χ2n) is 11.8. The van der Waals surface area contributed by atoms with Gasteiger partial charge in [0.05, 0.1) is 6.04 Å². The Balaban J connectivity index is 2.08. The number of amides is 5. The maximum atomic E-state index is 13.9. The van der Waals surface area contributed by atoms with Crippen LogP contribution in [0.15, 0.2) is 54.6 Å². The van der Waals surface area contributed by atoms with Gasteiger partial charge in [0.2, 0.25) is 34.7 Å². The average molecular weight is 700 g/mol. The number of hydrogen-bond donors (Lipinski definition) is 6. The third kappa shape index (κ3) is 11.9. The van der Waals surface area contributed by atoms with Crippen LogP contribution in [0.3, 0.4) is 0 Å². The summed E-state index contributed by atoms with van der Waals surface area (Å²) < 4.78 is 0. The van der Waals surface area contributed by atoms with Gasteiger partial charge in [-0.1, -0.05) is 74.5 Å². The SMILES string of the molecule is CC[C@H](C)[C@@H]1NC(=O)[C@H](Cc2ccccc2)NC(=O)[C@H](Cc2ccc(O)cc2)NC(=O)[C@@H](NC(C)=O)CSC(=O)[C@H](CCSC)NC1=O. The fraction of sp³-hybridized carbons (Fsp3) is 0.471. The number of aromatic hydroxyl groups is 1. The molecule has 12 nitrogen and oxygen atoms in total. The first-order chi connectivity index (χ1) is 22.9. The molecule has 260 valence electrons. The fourth-order valence-corrected chi connectivity index (χ4v) is 6.49. The Hall–Kier alpha value is -4.04. The summed E-state index contributed by atoms with van der Waals surface area (Å²) in [6, 6.07) is 9.72. The van der Waals surface area contributed by atoms with Crippen molar-refractivity contribution in [2.75, 3.05) is 17.8 Å². The Morgan fingerprint density at radius 2 is 1.42 bits per heavy atom. The van der Waals surface area contributed by atoms with Gasteiger partial charge in [0.15, 0.2) is 0 Å². The van der Waals surface area contributed by atoms with E-state index in [2.05, 4.69) is 26.6 Å². The molecule has 0 bridgehead atoms. The average Bonchev–Trinajstić information content (AvgIpc) is 3.06. The predicted molar refractivity (Wildman–Crippen MR) is 187 cm³/mol. The second kappa shape index (κ2) is 19.1. The van der Waals surface area contributed by atoms with E-state index in [1.807, 2.05) is 38.3 Å². The van der Waals surface area contributed by atoms with E-state index in [0.29, 0.717) is 24.2 Å². The van der Waals surface area contributed by atoms with Crippen LogP contribution in [-0.2, 0) is 41.6 Å². The number of carbonyl (C=O) groups excluding carboxylic acids is 6. The molecule has 1 aliphatic heterocycles. The minimum Gasteiger partial charge on any atom is -0.508 e. The van der Waals surface area contributed by atoms with Gasteiger partial charge in [0.1, 0.15) is 29.9 Å². The standard InChI is InChI=1S/C34H45N5O7S2/c1-5-20(2)29-33(45)36-25(15-16-47-4)34(46)48-19-28(35-21(3)40)32(44)38-26(18-23-11-13-24(41)14-12-23)30(42)37-27(31(43)39-29)17-22-9-7-6-8-10-22/h6-14,20,25-29,41H,5,15-19H2,1-4H3,(H,35,40)(H,36,45)(H,37,42)(H,38,44)(H,39,43)/t20-,25-,26-,27-,28-,29-/m0/s1. The summed E-state index contributed by atoms with van der Waals surface area (Å²) in [6.07, 6.45) is 2.83. The van der Waals surface area contributed by atoms with Crippen LogP contribution in [0.2, 0.25) is 0 Å². The van der Waals surface area contributed by atoms with Crippen molar-refractivity contribution >= 4 is 58.2 Å². The van der Waals surface area contributed by atoms with Crippen LogP contribution in [0, 0.1) is 5.92 Å². The van der Waals surface area contributed by atoms with Crippen molar-refractivity contribution < 1.29 is 33.9 Å². The van der Waals surface area contributed by atoms with Crippen molar-refractivity contribution in [2.24, 2.45) is 5.92 Å². The van der Waals surface area contributed by atoms with Crippen LogP contribution >= 0.6 is 23.5 Å². The zero-order valence-electron chi connectivity index (χ0n) is 27.6. The zero-order chi connectivity index (χ0) is 35.2. The van der Waals surface area contributed by atoms with Crippen molar-refractivity contribution in [3.8, 4) is 5.75 Å². The van der Waals surface area contributed by atoms with E-state index in [-0.39, 0.29) is 30.3 Å². The smallest absolute Gasteiger partial charge is 0.244 e. The van der Waals surface area contributed by atoms with E-state index in [0.717, 1.165) is 17.3 Å². The van der Waals surface area contributed by atoms with Crippen LogP contribution in [-0.4, -0.2) is 87.7 Å². The highest BCUT2D eigenvalue weighted by Crippen LogP contribution is 2.17. The van der Waals surface area contributed by atoms with Gasteiger partial charge in [-0.2, -0.15) is 11.8 Å². The Bertz CT molecular complexity index is 1430. The molecule has 5 amide bonds. The summed E-state index contributed by atoms with van der Waals surface area (Å²) in [5, 5.41) is 23.1. The first-order valence-electron chi connectivity index (χ1n) is 15.9.